The molecule has 2 amide bonds. The molecular formula is C32H41N5O6S. The molecule has 11 nitrogen and oxygen atoms in total. The number of fused-ring (bicyclic) bond motifs is 1. The van der Waals surface area contributed by atoms with E-state index < -0.39 is 23.9 Å². The number of aliphatic carboxylic acids is 2. The number of anilines is 1. The zero-order valence-corrected chi connectivity index (χ0v) is 25.7. The molecular weight excluding hydrogens is 582 g/mol. The van der Waals surface area contributed by atoms with Gasteiger partial charge in [0.2, 0.25) is 5.91 Å². The Hall–Kier alpha value is -4.21. The lowest BCUT2D eigenvalue weighted by Crippen LogP contribution is -2.34. The van der Waals surface area contributed by atoms with Crippen LogP contribution in [0.15, 0.2) is 35.9 Å². The molecule has 3 rings (SSSR count). The number of nitriles is 1. The van der Waals surface area contributed by atoms with Gasteiger partial charge in [0.25, 0.3) is 5.91 Å². The number of unbranched alkanes of at least 4 members (excludes halogenated alkanes) is 3. The second-order valence-electron chi connectivity index (χ2n) is 10.8. The number of carboxylic acid groups (broad SMARTS) is 2. The van der Waals surface area contributed by atoms with Gasteiger partial charge in [-0.1, -0.05) is 12.5 Å². The first kappa shape index (κ1) is 34.3. The predicted octanol–water partition coefficient (Wildman–Crippen LogP) is 3.92. The van der Waals surface area contributed by atoms with Crippen molar-refractivity contribution in [3.05, 3.63) is 46.3 Å². The third kappa shape index (κ3) is 11.1. The Morgan fingerprint density at radius 1 is 1.02 bits per heavy atom. The number of nitrogens with two attached hydrogens (primary N) is 1. The highest BCUT2D eigenvalue weighted by molar-refractivity contribution is 7.16. The molecule has 1 aromatic carbocycles. The van der Waals surface area contributed by atoms with Crippen LogP contribution in [0.3, 0.4) is 0 Å². The summed E-state index contributed by atoms with van der Waals surface area (Å²) in [6.07, 6.45) is 7.68. The maximum atomic E-state index is 12.5. The standard InChI is InChI=1S/C32H41N5O6S/c33-21-24(31(41)36-16-5-3-8-26(34)32(42)43)20-25-11-13-28(44-25)23-10-12-27-22(19-23)7-6-17-37(27)18-14-29(38)35-15-4-1-2-9-30(39)40/h10-13,19-20,26H,1-9,14-18,34H2,(H,35,38)(H,36,41)(H,39,40)(H,42,43)/b24-20+/t26-/m1/s1. The van der Waals surface area contributed by atoms with E-state index in [2.05, 4.69) is 33.7 Å². The minimum Gasteiger partial charge on any atom is -0.481 e. The Morgan fingerprint density at radius 3 is 2.55 bits per heavy atom. The average molecular weight is 624 g/mol. The molecule has 1 aliphatic heterocycles. The molecule has 1 aromatic heterocycles. The van der Waals surface area contributed by atoms with Crippen LogP contribution >= 0.6 is 11.3 Å². The summed E-state index contributed by atoms with van der Waals surface area (Å²) in [5.74, 6) is -2.31. The first-order valence-corrected chi connectivity index (χ1v) is 15.8. The highest BCUT2D eigenvalue weighted by Gasteiger charge is 2.19. The summed E-state index contributed by atoms with van der Waals surface area (Å²) in [6.45, 7) is 2.40. The molecule has 0 saturated heterocycles. The average Bonchev–Trinajstić information content (AvgIpc) is 3.48. The van der Waals surface area contributed by atoms with Crippen LogP contribution in [0, 0.1) is 11.3 Å². The Labute approximate surface area is 261 Å². The van der Waals surface area contributed by atoms with Gasteiger partial charge in [0.15, 0.2) is 0 Å². The van der Waals surface area contributed by atoms with E-state index in [1.54, 1.807) is 6.08 Å². The normalized spacial score (nSPS) is 13.5. The lowest BCUT2D eigenvalue weighted by atomic mass is 9.98. The van der Waals surface area contributed by atoms with Crippen LogP contribution in [0.2, 0.25) is 0 Å². The fraction of sp³-hybridized carbons (Fsp3) is 0.469. The van der Waals surface area contributed by atoms with Gasteiger partial charge in [-0.05, 0) is 86.4 Å². The lowest BCUT2D eigenvalue weighted by molar-refractivity contribution is -0.139. The van der Waals surface area contributed by atoms with E-state index in [-0.39, 0.29) is 17.9 Å². The van der Waals surface area contributed by atoms with Crippen molar-refractivity contribution in [1.82, 2.24) is 10.6 Å². The van der Waals surface area contributed by atoms with Crippen LogP contribution in [0.4, 0.5) is 5.69 Å². The number of carboxylic acids is 2. The number of benzene rings is 1. The Morgan fingerprint density at radius 2 is 1.80 bits per heavy atom. The summed E-state index contributed by atoms with van der Waals surface area (Å²) in [7, 11) is 0. The van der Waals surface area contributed by atoms with Gasteiger partial charge >= 0.3 is 11.9 Å². The van der Waals surface area contributed by atoms with E-state index in [1.165, 1.54) is 16.9 Å². The molecule has 236 valence electrons. The summed E-state index contributed by atoms with van der Waals surface area (Å²) < 4.78 is 0. The van der Waals surface area contributed by atoms with Crippen molar-refractivity contribution in [3.63, 3.8) is 0 Å². The van der Waals surface area contributed by atoms with Gasteiger partial charge in [-0.2, -0.15) is 5.26 Å². The number of thiophene rings is 1. The lowest BCUT2D eigenvalue weighted by Gasteiger charge is -2.31. The molecule has 0 aliphatic carbocycles. The Kier molecular flexibility index (Phi) is 13.9. The number of rotatable bonds is 18. The number of nitrogens with zero attached hydrogens (tertiary/aromatic N) is 2. The molecule has 0 bridgehead atoms. The Bertz CT molecular complexity index is 1380. The highest BCUT2D eigenvalue weighted by atomic mass is 32.1. The van der Waals surface area contributed by atoms with Crippen LogP contribution in [0.5, 0.6) is 0 Å². The number of carbonyl (C=O) groups is 4. The van der Waals surface area contributed by atoms with Crippen LogP contribution < -0.4 is 21.3 Å². The monoisotopic (exact) mass is 623 g/mol. The SMILES string of the molecule is N#C/C(=C\c1ccc(-c2ccc3c(c2)CCCN3CCC(=O)NCCCCCC(=O)O)s1)C(=O)NCCCC[C@@H](N)C(=O)O. The number of aryl methyl sites for hydroxylation is 1. The second kappa shape index (κ2) is 17.8. The van der Waals surface area contributed by atoms with Crippen molar-refractivity contribution in [2.45, 2.75) is 70.3 Å². The van der Waals surface area contributed by atoms with E-state index in [4.69, 9.17) is 15.9 Å². The summed E-state index contributed by atoms with van der Waals surface area (Å²) in [5, 5.41) is 32.7. The fourth-order valence-electron chi connectivity index (χ4n) is 4.98. The Balaban J connectivity index is 1.51. The number of carbonyl (C=O) groups excluding carboxylic acids is 2. The smallest absolute Gasteiger partial charge is 0.320 e. The van der Waals surface area contributed by atoms with Crippen molar-refractivity contribution in [1.29, 1.82) is 5.26 Å². The van der Waals surface area contributed by atoms with Crippen molar-refractivity contribution in [3.8, 4) is 16.5 Å². The van der Waals surface area contributed by atoms with Crippen LogP contribution in [0.1, 0.15) is 68.2 Å². The van der Waals surface area contributed by atoms with Crippen molar-refractivity contribution < 1.29 is 29.4 Å². The zero-order chi connectivity index (χ0) is 31.9. The number of hydrogen-bond acceptors (Lipinski definition) is 8. The van der Waals surface area contributed by atoms with Crippen LogP contribution in [-0.2, 0) is 25.6 Å². The number of amides is 2. The minimum atomic E-state index is -1.05. The third-order valence-corrected chi connectivity index (χ3v) is 8.48. The van der Waals surface area contributed by atoms with Crippen molar-refractivity contribution >= 4 is 46.9 Å². The molecule has 2 aromatic rings. The summed E-state index contributed by atoms with van der Waals surface area (Å²) >= 11 is 1.49. The maximum absolute atomic E-state index is 12.5. The van der Waals surface area contributed by atoms with E-state index in [0.717, 1.165) is 53.2 Å². The highest BCUT2D eigenvalue weighted by Crippen LogP contribution is 2.35. The van der Waals surface area contributed by atoms with E-state index in [9.17, 15) is 24.4 Å². The minimum absolute atomic E-state index is 0.00274. The molecule has 2 heterocycles. The van der Waals surface area contributed by atoms with Crippen molar-refractivity contribution in [2.24, 2.45) is 5.73 Å². The molecule has 12 heteroatoms. The van der Waals surface area contributed by atoms with E-state index >= 15 is 0 Å². The van der Waals surface area contributed by atoms with Crippen LogP contribution in [0.25, 0.3) is 16.5 Å². The first-order chi connectivity index (χ1) is 21.2. The maximum Gasteiger partial charge on any atom is 0.320 e. The third-order valence-electron chi connectivity index (χ3n) is 7.40. The van der Waals surface area contributed by atoms with Gasteiger partial charge in [0.1, 0.15) is 17.7 Å². The largest absolute Gasteiger partial charge is 0.481 e. The van der Waals surface area contributed by atoms with Gasteiger partial charge < -0.3 is 31.5 Å². The molecule has 1 atom stereocenters. The molecule has 1 aliphatic rings. The second-order valence-corrected chi connectivity index (χ2v) is 11.9. The van der Waals surface area contributed by atoms with Crippen molar-refractivity contribution in [2.75, 3.05) is 31.1 Å². The molecule has 0 spiro atoms. The van der Waals surface area contributed by atoms with Gasteiger partial charge in [-0.15, -0.1) is 11.3 Å². The number of nitrogens with one attached hydrogen (secondary N) is 2. The van der Waals surface area contributed by atoms with Crippen LogP contribution in [-0.4, -0.2) is 66.2 Å². The summed E-state index contributed by atoms with van der Waals surface area (Å²) in [4.78, 5) is 50.2. The quantitative estimate of drug-likeness (QED) is 0.0932. The molecule has 44 heavy (non-hydrogen) atoms. The van der Waals surface area contributed by atoms with E-state index in [1.807, 2.05) is 18.2 Å². The van der Waals surface area contributed by atoms with Gasteiger partial charge in [0, 0.05) is 54.5 Å². The summed E-state index contributed by atoms with van der Waals surface area (Å²) in [6, 6.07) is 11.2. The molecule has 0 unspecified atom stereocenters. The molecule has 6 N–H and O–H groups in total. The topological polar surface area (TPSA) is 186 Å². The van der Waals surface area contributed by atoms with Gasteiger partial charge in [-0.3, -0.25) is 19.2 Å². The molecule has 0 saturated carbocycles. The van der Waals surface area contributed by atoms with E-state index in [0.29, 0.717) is 51.7 Å². The molecule has 0 radical (unpaired) electrons. The molecule has 0 fully saturated rings. The number of hydrogen-bond donors (Lipinski definition) is 5. The first-order valence-electron chi connectivity index (χ1n) is 15.0. The zero-order valence-electron chi connectivity index (χ0n) is 24.8. The predicted molar refractivity (Wildman–Crippen MR) is 170 cm³/mol. The van der Waals surface area contributed by atoms with Gasteiger partial charge in [0.05, 0.1) is 0 Å². The van der Waals surface area contributed by atoms with Gasteiger partial charge in [-0.25, -0.2) is 0 Å². The summed E-state index contributed by atoms with van der Waals surface area (Å²) in [5.41, 5.74) is 8.90. The fourth-order valence-corrected chi connectivity index (χ4v) is 5.93.